The largest absolute Gasteiger partial charge is 0.357 e. The Kier molecular flexibility index (Phi) is 6.50. The Labute approximate surface area is 160 Å². The van der Waals surface area contributed by atoms with E-state index in [2.05, 4.69) is 57.8 Å². The molecule has 1 aromatic heterocycles. The first-order chi connectivity index (χ1) is 12.7. The molecule has 1 N–H and O–H groups in total. The number of thiazole rings is 1. The average Bonchev–Trinajstić information content (AvgIpc) is 3.29. The first kappa shape index (κ1) is 18.7. The van der Waals surface area contributed by atoms with Crippen LogP contribution in [-0.4, -0.2) is 49.6 Å². The summed E-state index contributed by atoms with van der Waals surface area (Å²) in [5.41, 5.74) is 2.47. The number of nitrogens with one attached hydrogen (secondary N) is 1. The van der Waals surface area contributed by atoms with Crippen LogP contribution < -0.4 is 10.2 Å². The van der Waals surface area contributed by atoms with Crippen LogP contribution in [0.4, 0.5) is 5.13 Å². The molecule has 2 aromatic rings. The van der Waals surface area contributed by atoms with Crippen molar-refractivity contribution in [1.29, 1.82) is 0 Å². The minimum absolute atomic E-state index is 0.631. The first-order valence-electron chi connectivity index (χ1n) is 9.34. The minimum Gasteiger partial charge on any atom is -0.357 e. The summed E-state index contributed by atoms with van der Waals surface area (Å²) >= 11 is 1.67. The van der Waals surface area contributed by atoms with Gasteiger partial charge in [-0.05, 0) is 31.2 Å². The Bertz CT molecular complexity index is 710. The molecule has 1 unspecified atom stereocenters. The number of aliphatic imine (C=N–C) groups is 1. The van der Waals surface area contributed by atoms with E-state index in [1.165, 1.54) is 12.0 Å². The molecular formula is C20H29N5S. The standard InChI is InChI=1S/C20H29N5S/c1-4-21-19(22-13-18-15-26-20(23-18)24(2)3)25-11-10-17(14-25)12-16-8-6-5-7-9-16/h5-9,15,17H,4,10-14H2,1-3H3,(H,21,22). The summed E-state index contributed by atoms with van der Waals surface area (Å²) < 4.78 is 0. The Morgan fingerprint density at radius 2 is 2.15 bits per heavy atom. The highest BCUT2D eigenvalue weighted by molar-refractivity contribution is 7.13. The molecule has 1 saturated heterocycles. The van der Waals surface area contributed by atoms with E-state index >= 15 is 0 Å². The Morgan fingerprint density at radius 1 is 1.35 bits per heavy atom. The van der Waals surface area contributed by atoms with Gasteiger partial charge in [-0.1, -0.05) is 30.3 Å². The number of rotatable bonds is 6. The van der Waals surface area contributed by atoms with E-state index < -0.39 is 0 Å². The topological polar surface area (TPSA) is 43.8 Å². The fourth-order valence-corrected chi connectivity index (χ4v) is 4.04. The van der Waals surface area contributed by atoms with Crippen molar-refractivity contribution >= 4 is 22.4 Å². The van der Waals surface area contributed by atoms with Crippen molar-refractivity contribution < 1.29 is 0 Å². The van der Waals surface area contributed by atoms with Crippen LogP contribution in [0.15, 0.2) is 40.7 Å². The summed E-state index contributed by atoms with van der Waals surface area (Å²) in [7, 11) is 4.04. The lowest BCUT2D eigenvalue weighted by molar-refractivity contribution is 0.460. The van der Waals surface area contributed by atoms with E-state index in [1.807, 2.05) is 19.0 Å². The highest BCUT2D eigenvalue weighted by Gasteiger charge is 2.25. The third-order valence-corrected chi connectivity index (χ3v) is 5.66. The van der Waals surface area contributed by atoms with Gasteiger partial charge in [-0.3, -0.25) is 0 Å². The van der Waals surface area contributed by atoms with E-state index in [0.717, 1.165) is 42.8 Å². The van der Waals surface area contributed by atoms with Gasteiger partial charge in [0.2, 0.25) is 0 Å². The number of anilines is 1. The molecule has 1 aliphatic heterocycles. The highest BCUT2D eigenvalue weighted by atomic mass is 32.1. The second-order valence-corrected chi connectivity index (χ2v) is 7.81. The quantitative estimate of drug-likeness (QED) is 0.625. The number of guanidine groups is 1. The van der Waals surface area contributed by atoms with Gasteiger partial charge in [-0.2, -0.15) is 0 Å². The predicted molar refractivity (Wildman–Crippen MR) is 111 cm³/mol. The summed E-state index contributed by atoms with van der Waals surface area (Å²) in [6.45, 7) is 5.79. The van der Waals surface area contributed by atoms with Crippen LogP contribution in [0.2, 0.25) is 0 Å². The molecule has 0 amide bonds. The van der Waals surface area contributed by atoms with Gasteiger partial charge in [-0.15, -0.1) is 11.3 Å². The molecule has 0 aliphatic carbocycles. The maximum atomic E-state index is 4.84. The lowest BCUT2D eigenvalue weighted by Gasteiger charge is -2.21. The number of hydrogen-bond donors (Lipinski definition) is 1. The zero-order chi connectivity index (χ0) is 18.4. The van der Waals surface area contributed by atoms with Gasteiger partial charge in [0.05, 0.1) is 12.2 Å². The first-order valence-corrected chi connectivity index (χ1v) is 10.2. The number of benzene rings is 1. The monoisotopic (exact) mass is 371 g/mol. The normalized spacial score (nSPS) is 17.6. The van der Waals surface area contributed by atoms with Crippen LogP contribution in [0.3, 0.4) is 0 Å². The van der Waals surface area contributed by atoms with E-state index in [4.69, 9.17) is 4.99 Å². The molecule has 1 aromatic carbocycles. The molecule has 0 radical (unpaired) electrons. The molecule has 1 atom stereocenters. The molecule has 26 heavy (non-hydrogen) atoms. The lowest BCUT2D eigenvalue weighted by Crippen LogP contribution is -2.40. The van der Waals surface area contributed by atoms with Crippen molar-refractivity contribution in [3.8, 4) is 0 Å². The molecule has 2 heterocycles. The Balaban J connectivity index is 1.60. The smallest absolute Gasteiger partial charge is 0.194 e. The zero-order valence-electron chi connectivity index (χ0n) is 16.0. The van der Waals surface area contributed by atoms with Crippen LogP contribution in [0.1, 0.15) is 24.6 Å². The van der Waals surface area contributed by atoms with Gasteiger partial charge in [0.1, 0.15) is 0 Å². The van der Waals surface area contributed by atoms with Crippen LogP contribution in [0.5, 0.6) is 0 Å². The van der Waals surface area contributed by atoms with Crippen LogP contribution in [0, 0.1) is 5.92 Å². The van der Waals surface area contributed by atoms with Crippen LogP contribution in [0.25, 0.3) is 0 Å². The lowest BCUT2D eigenvalue weighted by atomic mass is 9.99. The van der Waals surface area contributed by atoms with Gasteiger partial charge in [-0.25, -0.2) is 9.98 Å². The SMILES string of the molecule is CCNC(=NCc1csc(N(C)C)n1)N1CCC(Cc2ccccc2)C1. The zero-order valence-corrected chi connectivity index (χ0v) is 16.8. The molecule has 6 heteroatoms. The molecular weight excluding hydrogens is 342 g/mol. The van der Waals surface area contributed by atoms with E-state index in [0.29, 0.717) is 12.5 Å². The van der Waals surface area contributed by atoms with Crippen molar-refractivity contribution in [1.82, 2.24) is 15.2 Å². The maximum Gasteiger partial charge on any atom is 0.194 e. The fourth-order valence-electron chi connectivity index (χ4n) is 3.30. The van der Waals surface area contributed by atoms with Gasteiger partial charge in [0.15, 0.2) is 11.1 Å². The summed E-state index contributed by atoms with van der Waals surface area (Å²) in [5.74, 6) is 1.71. The van der Waals surface area contributed by atoms with Crippen LogP contribution in [-0.2, 0) is 13.0 Å². The third kappa shape index (κ3) is 4.97. The van der Waals surface area contributed by atoms with E-state index in [-0.39, 0.29) is 0 Å². The maximum absolute atomic E-state index is 4.84. The average molecular weight is 372 g/mol. The summed E-state index contributed by atoms with van der Waals surface area (Å²) in [6, 6.07) is 10.8. The second-order valence-electron chi connectivity index (χ2n) is 6.98. The van der Waals surface area contributed by atoms with Gasteiger partial charge >= 0.3 is 0 Å². The second kappa shape index (κ2) is 9.03. The molecule has 0 spiro atoms. The van der Waals surface area contributed by atoms with Crippen molar-refractivity contribution in [3.63, 3.8) is 0 Å². The molecule has 3 rings (SSSR count). The van der Waals surface area contributed by atoms with Crippen molar-refractivity contribution in [3.05, 3.63) is 47.0 Å². The van der Waals surface area contributed by atoms with Gasteiger partial charge < -0.3 is 15.1 Å². The van der Waals surface area contributed by atoms with Gasteiger partial charge in [0, 0.05) is 39.1 Å². The summed E-state index contributed by atoms with van der Waals surface area (Å²) in [4.78, 5) is 13.9. The Morgan fingerprint density at radius 3 is 2.85 bits per heavy atom. The number of nitrogens with zero attached hydrogens (tertiary/aromatic N) is 4. The summed E-state index contributed by atoms with van der Waals surface area (Å²) in [5, 5.41) is 6.58. The summed E-state index contributed by atoms with van der Waals surface area (Å²) in [6.07, 6.45) is 2.37. The minimum atomic E-state index is 0.631. The van der Waals surface area contributed by atoms with E-state index in [1.54, 1.807) is 11.3 Å². The van der Waals surface area contributed by atoms with Crippen LogP contribution >= 0.6 is 11.3 Å². The highest BCUT2D eigenvalue weighted by Crippen LogP contribution is 2.22. The molecule has 1 aliphatic rings. The van der Waals surface area contributed by atoms with E-state index in [9.17, 15) is 0 Å². The number of likely N-dealkylation sites (tertiary alicyclic amines) is 1. The molecule has 140 valence electrons. The molecule has 1 fully saturated rings. The number of aromatic nitrogens is 1. The molecule has 0 bridgehead atoms. The Hall–Kier alpha value is -2.08. The van der Waals surface area contributed by atoms with Crippen molar-refractivity contribution in [2.24, 2.45) is 10.9 Å². The fraction of sp³-hybridized carbons (Fsp3) is 0.500. The molecule has 0 saturated carbocycles. The van der Waals surface area contributed by atoms with Gasteiger partial charge in [0.25, 0.3) is 0 Å². The molecule has 5 nitrogen and oxygen atoms in total. The third-order valence-electron chi connectivity index (χ3n) is 4.60. The van der Waals surface area contributed by atoms with Crippen molar-refractivity contribution in [2.75, 3.05) is 38.6 Å². The van der Waals surface area contributed by atoms with Crippen molar-refractivity contribution in [2.45, 2.75) is 26.3 Å². The predicted octanol–water partition coefficient (Wildman–Crippen LogP) is 3.24. The number of hydrogen-bond acceptors (Lipinski definition) is 4.